The van der Waals surface area contributed by atoms with Crippen LogP contribution >= 0.6 is 11.3 Å². The van der Waals surface area contributed by atoms with Crippen LogP contribution in [0.4, 0.5) is 10.2 Å². The first-order valence-corrected chi connectivity index (χ1v) is 9.28. The Bertz CT molecular complexity index is 957. The molecule has 0 atom stereocenters. The van der Waals surface area contributed by atoms with Crippen LogP contribution < -0.4 is 5.32 Å². The van der Waals surface area contributed by atoms with Crippen molar-refractivity contribution in [2.45, 2.75) is 19.3 Å². The van der Waals surface area contributed by atoms with Crippen LogP contribution in [0, 0.1) is 5.95 Å². The van der Waals surface area contributed by atoms with Crippen LogP contribution in [-0.2, 0) is 11.2 Å². The van der Waals surface area contributed by atoms with Gasteiger partial charge in [-0.3, -0.25) is 14.0 Å². The topological polar surface area (TPSA) is 66.7 Å². The summed E-state index contributed by atoms with van der Waals surface area (Å²) >= 11 is 1.18. The third-order valence-electron chi connectivity index (χ3n) is 4.44. The number of thiazole rings is 1. The minimum absolute atomic E-state index is 0.0404. The van der Waals surface area contributed by atoms with E-state index in [0.29, 0.717) is 16.2 Å². The molecule has 26 heavy (non-hydrogen) atoms. The normalized spacial score (nSPS) is 14.1. The van der Waals surface area contributed by atoms with Crippen LogP contribution in [0.2, 0.25) is 0 Å². The second-order valence-corrected chi connectivity index (χ2v) is 7.11. The number of imidazole rings is 1. The third kappa shape index (κ3) is 3.20. The monoisotopic (exact) mass is 372 g/mol. The lowest BCUT2D eigenvalue weighted by atomic mass is 10.1. The molecular weight excluding hydrogens is 355 g/mol. The number of fused-ring (bicyclic) bond motifs is 1. The van der Waals surface area contributed by atoms with Crippen LogP contribution in [0.1, 0.15) is 28.8 Å². The molecular formula is C18H17FN4O2S. The number of anilines is 1. The van der Waals surface area contributed by atoms with Gasteiger partial charge in [0.1, 0.15) is 11.2 Å². The van der Waals surface area contributed by atoms with Crippen molar-refractivity contribution in [3.8, 4) is 0 Å². The fourth-order valence-corrected chi connectivity index (χ4v) is 3.86. The van der Waals surface area contributed by atoms with Gasteiger partial charge in [0.25, 0.3) is 5.91 Å². The Morgan fingerprint density at radius 3 is 2.65 bits per heavy atom. The number of aromatic nitrogens is 2. The molecule has 4 rings (SSSR count). The second kappa shape index (κ2) is 6.87. The molecule has 1 saturated heterocycles. The summed E-state index contributed by atoms with van der Waals surface area (Å²) in [6.07, 6.45) is 3.61. The molecule has 2 amide bonds. The number of nitrogens with one attached hydrogen (secondary N) is 1. The SMILES string of the molecule is O=C(Cc1ccc(C(=O)N2CCCC2)cc1)Nc1ncn2c(F)csc12. The molecule has 1 aliphatic rings. The highest BCUT2D eigenvalue weighted by atomic mass is 32.1. The van der Waals surface area contributed by atoms with E-state index in [9.17, 15) is 14.0 Å². The Balaban J connectivity index is 1.40. The lowest BCUT2D eigenvalue weighted by Gasteiger charge is -2.15. The molecule has 0 bridgehead atoms. The summed E-state index contributed by atoms with van der Waals surface area (Å²) in [4.78, 5) is 31.0. The molecule has 1 N–H and O–H groups in total. The maximum absolute atomic E-state index is 13.4. The van der Waals surface area contributed by atoms with Gasteiger partial charge in [-0.15, -0.1) is 11.3 Å². The van der Waals surface area contributed by atoms with Crippen LogP contribution in [0.15, 0.2) is 36.0 Å². The zero-order valence-electron chi connectivity index (χ0n) is 13.9. The van der Waals surface area contributed by atoms with Crippen molar-refractivity contribution in [2.75, 3.05) is 18.4 Å². The molecule has 134 valence electrons. The zero-order chi connectivity index (χ0) is 18.1. The zero-order valence-corrected chi connectivity index (χ0v) is 14.8. The highest BCUT2D eigenvalue weighted by molar-refractivity contribution is 7.16. The molecule has 0 aliphatic carbocycles. The van der Waals surface area contributed by atoms with Gasteiger partial charge < -0.3 is 10.2 Å². The predicted octanol–water partition coefficient (Wildman–Crippen LogP) is 2.95. The summed E-state index contributed by atoms with van der Waals surface area (Å²) in [6, 6.07) is 7.09. The first kappa shape index (κ1) is 16.7. The van der Waals surface area contributed by atoms with Gasteiger partial charge in [-0.05, 0) is 30.5 Å². The Hall–Kier alpha value is -2.74. The van der Waals surface area contributed by atoms with E-state index < -0.39 is 5.95 Å². The number of hydrogen-bond acceptors (Lipinski definition) is 4. The number of rotatable bonds is 4. The predicted molar refractivity (Wildman–Crippen MR) is 96.9 cm³/mol. The molecule has 1 aliphatic heterocycles. The number of amides is 2. The van der Waals surface area contributed by atoms with Gasteiger partial charge in [-0.25, -0.2) is 4.98 Å². The van der Waals surface area contributed by atoms with Crippen molar-refractivity contribution < 1.29 is 14.0 Å². The first-order valence-electron chi connectivity index (χ1n) is 8.40. The minimum Gasteiger partial charge on any atom is -0.339 e. The summed E-state index contributed by atoms with van der Waals surface area (Å²) in [5.74, 6) is -0.252. The Kier molecular flexibility index (Phi) is 4.42. The average molecular weight is 372 g/mol. The Morgan fingerprint density at radius 1 is 1.19 bits per heavy atom. The van der Waals surface area contributed by atoms with Crippen molar-refractivity contribution in [1.29, 1.82) is 0 Å². The van der Waals surface area contributed by atoms with Gasteiger partial charge in [0.2, 0.25) is 11.9 Å². The van der Waals surface area contributed by atoms with Gasteiger partial charge >= 0.3 is 0 Å². The molecule has 6 nitrogen and oxygen atoms in total. The molecule has 3 heterocycles. The first-order chi connectivity index (χ1) is 12.6. The van der Waals surface area contributed by atoms with Crippen LogP contribution in [0.3, 0.4) is 0 Å². The quantitative estimate of drug-likeness (QED) is 0.766. The van der Waals surface area contributed by atoms with Crippen LogP contribution in [0.25, 0.3) is 4.83 Å². The molecule has 3 aromatic rings. The van der Waals surface area contributed by atoms with E-state index in [1.165, 1.54) is 27.4 Å². The molecule has 0 radical (unpaired) electrons. The van der Waals surface area contributed by atoms with E-state index in [0.717, 1.165) is 31.5 Å². The smallest absolute Gasteiger partial charge is 0.253 e. The number of benzene rings is 1. The van der Waals surface area contributed by atoms with Crippen molar-refractivity contribution in [2.24, 2.45) is 0 Å². The molecule has 0 unspecified atom stereocenters. The number of carbonyl (C=O) groups is 2. The number of halogens is 1. The minimum atomic E-state index is -0.406. The van der Waals surface area contributed by atoms with E-state index in [1.54, 1.807) is 24.3 Å². The average Bonchev–Trinajstić information content (AvgIpc) is 3.36. The van der Waals surface area contributed by atoms with E-state index in [2.05, 4.69) is 10.3 Å². The fourth-order valence-electron chi connectivity index (χ4n) is 3.08. The fraction of sp³-hybridized carbons (Fsp3) is 0.278. The van der Waals surface area contributed by atoms with Crippen LogP contribution in [0.5, 0.6) is 0 Å². The van der Waals surface area contributed by atoms with Gasteiger partial charge in [0, 0.05) is 24.0 Å². The van der Waals surface area contributed by atoms with E-state index in [4.69, 9.17) is 0 Å². The number of nitrogens with zero attached hydrogens (tertiary/aromatic N) is 3. The summed E-state index contributed by atoms with van der Waals surface area (Å²) in [5.41, 5.74) is 1.44. The molecule has 2 aromatic heterocycles. The lowest BCUT2D eigenvalue weighted by molar-refractivity contribution is -0.115. The molecule has 1 aromatic carbocycles. The van der Waals surface area contributed by atoms with Crippen molar-refractivity contribution >= 4 is 33.8 Å². The Morgan fingerprint density at radius 2 is 1.92 bits per heavy atom. The highest BCUT2D eigenvalue weighted by Crippen LogP contribution is 2.23. The summed E-state index contributed by atoms with van der Waals surface area (Å²) in [5, 5.41) is 4.07. The van der Waals surface area contributed by atoms with Crippen molar-refractivity contribution in [3.05, 3.63) is 53.0 Å². The number of hydrogen-bond donors (Lipinski definition) is 1. The largest absolute Gasteiger partial charge is 0.339 e. The van der Waals surface area contributed by atoms with Crippen molar-refractivity contribution in [1.82, 2.24) is 14.3 Å². The van der Waals surface area contributed by atoms with Crippen LogP contribution in [-0.4, -0.2) is 39.2 Å². The summed E-state index contributed by atoms with van der Waals surface area (Å²) < 4.78 is 14.7. The molecule has 0 saturated carbocycles. The molecule has 0 spiro atoms. The van der Waals surface area contributed by atoms with E-state index in [1.807, 2.05) is 4.90 Å². The van der Waals surface area contributed by atoms with Gasteiger partial charge in [0.05, 0.1) is 6.42 Å². The maximum atomic E-state index is 13.4. The van der Waals surface area contributed by atoms with Crippen molar-refractivity contribution in [3.63, 3.8) is 0 Å². The second-order valence-electron chi connectivity index (χ2n) is 6.25. The Labute approximate surface area is 153 Å². The molecule has 1 fully saturated rings. The lowest BCUT2D eigenvalue weighted by Crippen LogP contribution is -2.27. The summed E-state index contributed by atoms with van der Waals surface area (Å²) in [7, 11) is 0. The van der Waals surface area contributed by atoms with E-state index in [-0.39, 0.29) is 18.2 Å². The van der Waals surface area contributed by atoms with E-state index >= 15 is 0 Å². The third-order valence-corrected chi connectivity index (χ3v) is 5.36. The van der Waals surface area contributed by atoms with Gasteiger partial charge in [0.15, 0.2) is 5.82 Å². The standard InChI is InChI=1S/C18H17FN4O2S/c19-14-10-26-18-16(20-11-23(14)18)21-15(24)9-12-3-5-13(6-4-12)17(25)22-7-1-2-8-22/h3-6,10-11H,1-2,7-9H2,(H,21,24). The summed E-state index contributed by atoms with van der Waals surface area (Å²) in [6.45, 7) is 1.62. The number of likely N-dealkylation sites (tertiary alicyclic amines) is 1. The maximum Gasteiger partial charge on any atom is 0.253 e. The molecule has 8 heteroatoms. The highest BCUT2D eigenvalue weighted by Gasteiger charge is 2.19. The number of carbonyl (C=O) groups excluding carboxylic acids is 2. The van der Waals surface area contributed by atoms with Gasteiger partial charge in [-0.2, -0.15) is 4.39 Å². The van der Waals surface area contributed by atoms with Gasteiger partial charge in [-0.1, -0.05) is 12.1 Å².